The zero-order valence-electron chi connectivity index (χ0n) is 7.83. The average Bonchev–Trinajstić information content (AvgIpc) is 2.10. The van der Waals surface area contributed by atoms with Crippen molar-refractivity contribution in [1.82, 2.24) is 4.90 Å². The molecule has 2 nitrogen and oxygen atoms in total. The summed E-state index contributed by atoms with van der Waals surface area (Å²) < 4.78 is 0. The lowest BCUT2D eigenvalue weighted by Crippen LogP contribution is -2.36. The first-order valence-corrected chi connectivity index (χ1v) is 5.07. The van der Waals surface area contributed by atoms with Crippen LogP contribution in [-0.4, -0.2) is 18.0 Å². The Labute approximate surface area is 88.7 Å². The molecule has 3 heteroatoms. The second kappa shape index (κ2) is 4.00. The summed E-state index contributed by atoms with van der Waals surface area (Å²) in [4.78, 5) is 2.34. The van der Waals surface area contributed by atoms with E-state index in [1.54, 1.807) is 6.07 Å². The van der Waals surface area contributed by atoms with E-state index in [1.165, 1.54) is 6.42 Å². The molecule has 0 atom stereocenters. The molecule has 14 heavy (non-hydrogen) atoms. The molecule has 1 aromatic carbocycles. The van der Waals surface area contributed by atoms with Gasteiger partial charge in [0, 0.05) is 11.6 Å². The first kappa shape index (κ1) is 9.51. The number of nitrogens with zero attached hydrogens (tertiary/aromatic N) is 2. The van der Waals surface area contributed by atoms with Crippen molar-refractivity contribution < 1.29 is 0 Å². The maximum atomic E-state index is 8.77. The fraction of sp³-hybridized carbons (Fsp3) is 0.364. The smallest absolute Gasteiger partial charge is 0.0992 e. The highest BCUT2D eigenvalue weighted by Crippen LogP contribution is 2.18. The van der Waals surface area contributed by atoms with Gasteiger partial charge in [-0.05, 0) is 43.3 Å². The van der Waals surface area contributed by atoms with Crippen LogP contribution >= 0.6 is 11.6 Å². The number of benzene rings is 1. The fourth-order valence-electron chi connectivity index (χ4n) is 1.60. The highest BCUT2D eigenvalue weighted by Gasteiger charge is 2.14. The average molecular weight is 207 g/mol. The standard InChI is InChI=1S/C11H11ClN2/c12-11-5-9(7-13)4-10(6-11)8-14-2-1-3-14/h4-6H,1-3,8H2. The molecule has 2 rings (SSSR count). The Morgan fingerprint density at radius 1 is 1.36 bits per heavy atom. The van der Waals surface area contributed by atoms with Gasteiger partial charge in [-0.2, -0.15) is 5.26 Å². The summed E-state index contributed by atoms with van der Waals surface area (Å²) >= 11 is 5.90. The molecule has 1 fully saturated rings. The van der Waals surface area contributed by atoms with Crippen LogP contribution in [0.1, 0.15) is 17.5 Å². The van der Waals surface area contributed by atoms with E-state index < -0.39 is 0 Å². The third-order valence-corrected chi connectivity index (χ3v) is 2.66. The summed E-state index contributed by atoms with van der Waals surface area (Å²) in [5.41, 5.74) is 1.78. The van der Waals surface area contributed by atoms with Gasteiger partial charge in [0.15, 0.2) is 0 Å². The Bertz CT molecular complexity index is 377. The van der Waals surface area contributed by atoms with Crippen LogP contribution in [0.5, 0.6) is 0 Å². The van der Waals surface area contributed by atoms with Crippen LogP contribution < -0.4 is 0 Å². The molecule has 0 N–H and O–H groups in total. The van der Waals surface area contributed by atoms with E-state index in [0.29, 0.717) is 10.6 Å². The van der Waals surface area contributed by atoms with Gasteiger partial charge in [-0.15, -0.1) is 0 Å². The van der Waals surface area contributed by atoms with E-state index in [9.17, 15) is 0 Å². The molecule has 1 aliphatic heterocycles. The van der Waals surface area contributed by atoms with Crippen LogP contribution in [0.25, 0.3) is 0 Å². The second-order valence-electron chi connectivity index (χ2n) is 3.59. The van der Waals surface area contributed by atoms with Crippen molar-refractivity contribution in [2.45, 2.75) is 13.0 Å². The Morgan fingerprint density at radius 3 is 2.71 bits per heavy atom. The largest absolute Gasteiger partial charge is 0.299 e. The van der Waals surface area contributed by atoms with Gasteiger partial charge < -0.3 is 0 Å². The van der Waals surface area contributed by atoms with E-state index in [-0.39, 0.29) is 0 Å². The van der Waals surface area contributed by atoms with Gasteiger partial charge in [-0.3, -0.25) is 4.90 Å². The maximum Gasteiger partial charge on any atom is 0.0992 e. The van der Waals surface area contributed by atoms with Gasteiger partial charge in [0.1, 0.15) is 0 Å². The number of nitriles is 1. The Hall–Kier alpha value is -1.04. The zero-order valence-corrected chi connectivity index (χ0v) is 8.59. The van der Waals surface area contributed by atoms with Crippen molar-refractivity contribution in [3.05, 3.63) is 34.3 Å². The van der Waals surface area contributed by atoms with Crippen molar-refractivity contribution in [2.75, 3.05) is 13.1 Å². The molecule has 0 saturated carbocycles. The topological polar surface area (TPSA) is 27.0 Å². The normalized spacial score (nSPS) is 16.0. The third kappa shape index (κ3) is 2.06. The lowest BCUT2D eigenvalue weighted by atomic mass is 10.1. The predicted octanol–water partition coefficient (Wildman–Crippen LogP) is 2.42. The maximum absolute atomic E-state index is 8.77. The van der Waals surface area contributed by atoms with E-state index in [0.717, 1.165) is 25.2 Å². The Morgan fingerprint density at radius 2 is 2.14 bits per heavy atom. The van der Waals surface area contributed by atoms with Crippen LogP contribution in [-0.2, 0) is 6.54 Å². The van der Waals surface area contributed by atoms with Gasteiger partial charge in [0.2, 0.25) is 0 Å². The van der Waals surface area contributed by atoms with Crippen LogP contribution in [0.15, 0.2) is 18.2 Å². The lowest BCUT2D eigenvalue weighted by molar-refractivity contribution is 0.172. The summed E-state index contributed by atoms with van der Waals surface area (Å²) in [6.45, 7) is 3.23. The fourth-order valence-corrected chi connectivity index (χ4v) is 1.86. The number of likely N-dealkylation sites (tertiary alicyclic amines) is 1. The van der Waals surface area contributed by atoms with Crippen LogP contribution in [0.3, 0.4) is 0 Å². The van der Waals surface area contributed by atoms with Crippen LogP contribution in [0, 0.1) is 11.3 Å². The SMILES string of the molecule is N#Cc1cc(Cl)cc(CN2CCC2)c1. The van der Waals surface area contributed by atoms with E-state index in [4.69, 9.17) is 16.9 Å². The number of rotatable bonds is 2. The predicted molar refractivity (Wildman–Crippen MR) is 56.1 cm³/mol. The third-order valence-electron chi connectivity index (χ3n) is 2.44. The summed E-state index contributed by atoms with van der Waals surface area (Å²) in [7, 11) is 0. The molecular weight excluding hydrogens is 196 g/mol. The molecule has 1 aromatic rings. The van der Waals surface area contributed by atoms with Gasteiger partial charge in [-0.1, -0.05) is 11.6 Å². The van der Waals surface area contributed by atoms with Gasteiger partial charge >= 0.3 is 0 Å². The molecule has 0 spiro atoms. The van der Waals surface area contributed by atoms with Gasteiger partial charge in [-0.25, -0.2) is 0 Å². The summed E-state index contributed by atoms with van der Waals surface area (Å²) in [5.74, 6) is 0. The molecule has 1 aliphatic rings. The molecule has 0 aromatic heterocycles. The monoisotopic (exact) mass is 206 g/mol. The van der Waals surface area contributed by atoms with E-state index in [1.807, 2.05) is 12.1 Å². The second-order valence-corrected chi connectivity index (χ2v) is 4.03. The molecular formula is C11H11ClN2. The van der Waals surface area contributed by atoms with Crippen molar-refractivity contribution in [2.24, 2.45) is 0 Å². The highest BCUT2D eigenvalue weighted by atomic mass is 35.5. The summed E-state index contributed by atoms with van der Waals surface area (Å²) in [6, 6.07) is 7.65. The molecule has 1 heterocycles. The molecule has 0 aliphatic carbocycles. The number of hydrogen-bond acceptors (Lipinski definition) is 2. The number of hydrogen-bond donors (Lipinski definition) is 0. The highest BCUT2D eigenvalue weighted by molar-refractivity contribution is 6.30. The minimum Gasteiger partial charge on any atom is -0.299 e. The Kier molecular flexibility index (Phi) is 2.72. The lowest BCUT2D eigenvalue weighted by Gasteiger charge is -2.30. The summed E-state index contributed by atoms with van der Waals surface area (Å²) in [6.07, 6.45) is 1.28. The first-order valence-electron chi connectivity index (χ1n) is 4.70. The Balaban J connectivity index is 2.16. The molecule has 1 saturated heterocycles. The van der Waals surface area contributed by atoms with Crippen LogP contribution in [0.4, 0.5) is 0 Å². The minimum atomic E-state index is 0.646. The first-order chi connectivity index (χ1) is 6.78. The molecule has 0 bridgehead atoms. The van der Waals surface area contributed by atoms with Crippen LogP contribution in [0.2, 0.25) is 5.02 Å². The molecule has 0 amide bonds. The summed E-state index contributed by atoms with van der Waals surface area (Å²) in [5, 5.41) is 9.42. The molecule has 0 unspecified atom stereocenters. The van der Waals surface area contributed by atoms with Crippen molar-refractivity contribution >= 4 is 11.6 Å². The van der Waals surface area contributed by atoms with Gasteiger partial charge in [0.05, 0.1) is 11.6 Å². The van der Waals surface area contributed by atoms with Crippen molar-refractivity contribution in [3.8, 4) is 6.07 Å². The minimum absolute atomic E-state index is 0.646. The van der Waals surface area contributed by atoms with Crippen molar-refractivity contribution in [1.29, 1.82) is 5.26 Å². The van der Waals surface area contributed by atoms with Gasteiger partial charge in [0.25, 0.3) is 0 Å². The number of halogens is 1. The molecule has 72 valence electrons. The van der Waals surface area contributed by atoms with Crippen molar-refractivity contribution in [3.63, 3.8) is 0 Å². The van der Waals surface area contributed by atoms with E-state index in [2.05, 4.69) is 11.0 Å². The molecule has 0 radical (unpaired) electrons. The van der Waals surface area contributed by atoms with E-state index >= 15 is 0 Å². The zero-order chi connectivity index (χ0) is 9.97. The quantitative estimate of drug-likeness (QED) is 0.743.